The highest BCUT2D eigenvalue weighted by molar-refractivity contribution is 7.80. The quantitative estimate of drug-likeness (QED) is 0.351. The largest absolute Gasteiger partial charge is 0.397 e. The fourth-order valence-electron chi connectivity index (χ4n) is 3.61. The van der Waals surface area contributed by atoms with Crippen LogP contribution >= 0.6 is 12.6 Å². The number of nitrogen functional groups attached to an aromatic ring is 1. The summed E-state index contributed by atoms with van der Waals surface area (Å²) in [6, 6.07) is 14.6. The van der Waals surface area contributed by atoms with Crippen molar-refractivity contribution in [2.24, 2.45) is 0 Å². The molecule has 0 amide bonds. The first kappa shape index (κ1) is 17.4. The van der Waals surface area contributed by atoms with Gasteiger partial charge in [0.1, 0.15) is 0 Å². The molecule has 1 aliphatic carbocycles. The van der Waals surface area contributed by atoms with Crippen molar-refractivity contribution in [1.82, 2.24) is 0 Å². The van der Waals surface area contributed by atoms with Crippen LogP contribution < -0.4 is 11.1 Å². The molecule has 0 spiro atoms. The molecule has 4 rings (SSSR count). The molecule has 0 unspecified atom stereocenters. The number of carbonyl (C=O) groups excluding carboxylic acids is 2. The van der Waals surface area contributed by atoms with Gasteiger partial charge in [-0.2, -0.15) is 0 Å². The topological polar surface area (TPSA) is 72.2 Å². The van der Waals surface area contributed by atoms with Gasteiger partial charge in [0.15, 0.2) is 11.6 Å². The summed E-state index contributed by atoms with van der Waals surface area (Å²) in [5.74, 6) is -0.468. The maximum absolute atomic E-state index is 13.2. The molecule has 134 valence electrons. The van der Waals surface area contributed by atoms with E-state index in [0.29, 0.717) is 27.3 Å². The first-order valence-electron chi connectivity index (χ1n) is 8.56. The molecule has 3 aromatic carbocycles. The lowest BCUT2D eigenvalue weighted by Gasteiger charge is -2.23. The van der Waals surface area contributed by atoms with Crippen LogP contribution in [0.25, 0.3) is 0 Å². The summed E-state index contributed by atoms with van der Waals surface area (Å²) in [5, 5.41) is 3.29. The van der Waals surface area contributed by atoms with E-state index in [1.165, 1.54) is 0 Å². The van der Waals surface area contributed by atoms with E-state index in [0.717, 1.165) is 16.8 Å². The third-order valence-corrected chi connectivity index (χ3v) is 5.09. The van der Waals surface area contributed by atoms with Gasteiger partial charge in [-0.1, -0.05) is 30.3 Å². The summed E-state index contributed by atoms with van der Waals surface area (Å²) in [6.07, 6.45) is 0. The molecule has 0 fully saturated rings. The van der Waals surface area contributed by atoms with E-state index < -0.39 is 0 Å². The third-order valence-electron chi connectivity index (χ3n) is 4.72. The third kappa shape index (κ3) is 2.80. The Labute approximate surface area is 162 Å². The van der Waals surface area contributed by atoms with Crippen molar-refractivity contribution in [1.29, 1.82) is 0 Å². The second kappa shape index (κ2) is 6.28. The number of anilines is 3. The molecule has 0 aliphatic heterocycles. The maximum atomic E-state index is 13.2. The average molecular weight is 374 g/mol. The molecular weight excluding hydrogens is 356 g/mol. The highest BCUT2D eigenvalue weighted by Gasteiger charge is 2.34. The van der Waals surface area contributed by atoms with Crippen LogP contribution in [-0.2, 0) is 0 Å². The van der Waals surface area contributed by atoms with Crippen molar-refractivity contribution < 1.29 is 9.59 Å². The number of benzene rings is 3. The molecular formula is C22H18N2O2S. The Balaban J connectivity index is 1.94. The lowest BCUT2D eigenvalue weighted by molar-refractivity contribution is 0.0980. The minimum absolute atomic E-state index is 0.216. The molecule has 0 radical (unpaired) electrons. The number of hydrogen-bond acceptors (Lipinski definition) is 5. The van der Waals surface area contributed by atoms with Gasteiger partial charge < -0.3 is 11.1 Å². The van der Waals surface area contributed by atoms with E-state index >= 15 is 0 Å². The van der Waals surface area contributed by atoms with Crippen molar-refractivity contribution >= 4 is 41.3 Å². The molecule has 3 aromatic rings. The van der Waals surface area contributed by atoms with E-state index in [1.807, 2.05) is 26.0 Å². The monoisotopic (exact) mass is 374 g/mol. The van der Waals surface area contributed by atoms with Crippen LogP contribution in [0.15, 0.2) is 53.4 Å². The predicted molar refractivity (Wildman–Crippen MR) is 111 cm³/mol. The van der Waals surface area contributed by atoms with Crippen LogP contribution in [0.5, 0.6) is 0 Å². The highest BCUT2D eigenvalue weighted by Crippen LogP contribution is 2.39. The molecule has 1 aliphatic rings. The zero-order valence-corrected chi connectivity index (χ0v) is 15.9. The van der Waals surface area contributed by atoms with Crippen molar-refractivity contribution in [3.63, 3.8) is 0 Å². The first-order valence-corrected chi connectivity index (χ1v) is 9.00. The van der Waals surface area contributed by atoms with Crippen molar-refractivity contribution in [3.8, 4) is 0 Å². The number of fused-ring (bicyclic) bond motifs is 2. The first-order chi connectivity index (χ1) is 12.9. The summed E-state index contributed by atoms with van der Waals surface area (Å²) in [5.41, 5.74) is 11.2. The van der Waals surface area contributed by atoms with Crippen LogP contribution in [0.2, 0.25) is 0 Å². The molecule has 0 saturated carbocycles. The normalized spacial score (nSPS) is 12.6. The number of rotatable bonds is 2. The summed E-state index contributed by atoms with van der Waals surface area (Å²) in [7, 11) is 0. The Hall–Kier alpha value is -3.05. The van der Waals surface area contributed by atoms with E-state index in [4.69, 9.17) is 5.73 Å². The van der Waals surface area contributed by atoms with Gasteiger partial charge in [-0.05, 0) is 43.2 Å². The number of hydrogen-bond donors (Lipinski definition) is 3. The van der Waals surface area contributed by atoms with Crippen molar-refractivity contribution in [2.45, 2.75) is 18.7 Å². The maximum Gasteiger partial charge on any atom is 0.196 e. The van der Waals surface area contributed by atoms with Gasteiger partial charge in [-0.3, -0.25) is 9.59 Å². The molecule has 0 aromatic heterocycles. The van der Waals surface area contributed by atoms with Gasteiger partial charge in [0.05, 0.1) is 22.5 Å². The van der Waals surface area contributed by atoms with Crippen LogP contribution in [0.3, 0.4) is 0 Å². The Morgan fingerprint density at radius 2 is 1.41 bits per heavy atom. The fourth-order valence-corrected chi connectivity index (χ4v) is 3.85. The van der Waals surface area contributed by atoms with E-state index in [2.05, 4.69) is 24.0 Å². The highest BCUT2D eigenvalue weighted by atomic mass is 32.1. The summed E-state index contributed by atoms with van der Waals surface area (Å²) < 4.78 is 0. The van der Waals surface area contributed by atoms with E-state index in [-0.39, 0.29) is 22.8 Å². The molecule has 3 N–H and O–H groups in total. The van der Waals surface area contributed by atoms with Gasteiger partial charge in [0, 0.05) is 21.7 Å². The fraction of sp³-hybridized carbons (Fsp3) is 0.0909. The summed E-state index contributed by atoms with van der Waals surface area (Å²) in [4.78, 5) is 26.7. The second-order valence-electron chi connectivity index (χ2n) is 6.81. The average Bonchev–Trinajstić information content (AvgIpc) is 2.61. The molecule has 0 bridgehead atoms. The molecule has 5 heteroatoms. The second-order valence-corrected chi connectivity index (χ2v) is 7.29. The summed E-state index contributed by atoms with van der Waals surface area (Å²) in [6.45, 7) is 4.01. The number of carbonyl (C=O) groups is 2. The van der Waals surface area contributed by atoms with E-state index in [1.54, 1.807) is 30.3 Å². The minimum atomic E-state index is -0.253. The number of thiol groups is 1. The Morgan fingerprint density at radius 1 is 0.852 bits per heavy atom. The zero-order valence-electron chi connectivity index (χ0n) is 15.0. The van der Waals surface area contributed by atoms with Crippen LogP contribution in [-0.4, -0.2) is 11.6 Å². The molecule has 0 saturated heterocycles. The molecule has 0 heterocycles. The standard InChI is InChI=1S/C22H18N2O2S/c1-11-7-12(2)9-13(8-11)24-16-10-17(27)20(23)19-18(16)21(25)14-5-3-4-6-15(14)22(19)26/h3-10,24,27H,23H2,1-2H3. The SMILES string of the molecule is Cc1cc(C)cc(Nc2cc(S)c(N)c3c2C(=O)c2ccccc2C3=O)c1. The van der Waals surface area contributed by atoms with E-state index in [9.17, 15) is 9.59 Å². The van der Waals surface area contributed by atoms with Gasteiger partial charge in [-0.25, -0.2) is 0 Å². The van der Waals surface area contributed by atoms with Crippen LogP contribution in [0, 0.1) is 13.8 Å². The number of nitrogens with one attached hydrogen (secondary N) is 1. The minimum Gasteiger partial charge on any atom is -0.397 e. The number of nitrogens with two attached hydrogens (primary N) is 1. The number of ketones is 2. The Morgan fingerprint density at radius 3 is 2.00 bits per heavy atom. The van der Waals surface area contributed by atoms with Gasteiger partial charge in [-0.15, -0.1) is 12.6 Å². The van der Waals surface area contributed by atoms with Crippen LogP contribution in [0.1, 0.15) is 43.0 Å². The lowest BCUT2D eigenvalue weighted by atomic mass is 9.82. The molecule has 4 nitrogen and oxygen atoms in total. The van der Waals surface area contributed by atoms with Gasteiger partial charge in [0.2, 0.25) is 0 Å². The predicted octanol–water partition coefficient (Wildman–Crippen LogP) is 4.69. The zero-order chi connectivity index (χ0) is 19.3. The number of aryl methyl sites for hydroxylation is 2. The van der Waals surface area contributed by atoms with Crippen molar-refractivity contribution in [3.05, 3.63) is 81.9 Å². The summed E-state index contributed by atoms with van der Waals surface area (Å²) >= 11 is 4.42. The Kier molecular flexibility index (Phi) is 4.04. The van der Waals surface area contributed by atoms with Crippen molar-refractivity contribution in [2.75, 3.05) is 11.1 Å². The van der Waals surface area contributed by atoms with Crippen LogP contribution in [0.4, 0.5) is 17.1 Å². The lowest BCUT2D eigenvalue weighted by Crippen LogP contribution is -2.24. The molecule has 0 atom stereocenters. The Bertz CT molecular complexity index is 1120. The van der Waals surface area contributed by atoms with Gasteiger partial charge >= 0.3 is 0 Å². The molecule has 27 heavy (non-hydrogen) atoms. The van der Waals surface area contributed by atoms with Gasteiger partial charge in [0.25, 0.3) is 0 Å². The smallest absolute Gasteiger partial charge is 0.196 e.